The van der Waals surface area contributed by atoms with Crippen LogP contribution in [0.5, 0.6) is 0 Å². The number of anilines is 1. The van der Waals surface area contributed by atoms with Crippen LogP contribution < -0.4 is 10.6 Å². The third-order valence-electron chi connectivity index (χ3n) is 4.68. The second-order valence-electron chi connectivity index (χ2n) is 6.49. The van der Waals surface area contributed by atoms with Gasteiger partial charge in [-0.3, -0.25) is 9.88 Å². The van der Waals surface area contributed by atoms with Gasteiger partial charge in [0.25, 0.3) is 0 Å². The molecule has 0 saturated carbocycles. The number of hydrogen-bond donors (Lipinski definition) is 2. The van der Waals surface area contributed by atoms with Gasteiger partial charge in [0.2, 0.25) is 0 Å². The van der Waals surface area contributed by atoms with Crippen molar-refractivity contribution >= 4 is 11.7 Å². The van der Waals surface area contributed by atoms with Crippen LogP contribution in [0.25, 0.3) is 0 Å². The molecule has 1 atom stereocenters. The Morgan fingerprint density at radius 2 is 2.08 bits per heavy atom. The fourth-order valence-electron chi connectivity index (χ4n) is 3.24. The molecule has 1 aromatic heterocycles. The maximum Gasteiger partial charge on any atom is 0.319 e. The van der Waals surface area contributed by atoms with E-state index in [4.69, 9.17) is 4.74 Å². The van der Waals surface area contributed by atoms with Gasteiger partial charge in [-0.25, -0.2) is 4.79 Å². The summed E-state index contributed by atoms with van der Waals surface area (Å²) in [5, 5.41) is 5.77. The molecule has 0 spiro atoms. The summed E-state index contributed by atoms with van der Waals surface area (Å²) >= 11 is 0. The van der Waals surface area contributed by atoms with E-state index in [0.717, 1.165) is 65.4 Å². The number of urea groups is 1. The zero-order chi connectivity index (χ0) is 16.6. The Hall–Kier alpha value is -1.70. The minimum Gasteiger partial charge on any atom is -0.379 e. The second kappa shape index (κ2) is 8.96. The SMILES string of the molecule is O=C(NC[C@H]1CCN(CCN2CCOCC2)C1)Nc1cccnc1. The lowest BCUT2D eigenvalue weighted by molar-refractivity contribution is 0.0343. The molecule has 0 aliphatic carbocycles. The standard InChI is InChI=1S/C17H27N5O2/c23-17(20-16-2-1-4-18-13-16)19-12-15-3-5-22(14-15)7-6-21-8-10-24-11-9-21/h1-2,4,13,15H,3,5-12,14H2,(H2,19,20,23)/t15-/m1/s1. The number of carbonyl (C=O) groups is 1. The van der Waals surface area contributed by atoms with Crippen molar-refractivity contribution in [1.82, 2.24) is 20.1 Å². The molecule has 2 N–H and O–H groups in total. The van der Waals surface area contributed by atoms with Crippen molar-refractivity contribution in [3.63, 3.8) is 0 Å². The van der Waals surface area contributed by atoms with Crippen molar-refractivity contribution in [2.45, 2.75) is 6.42 Å². The van der Waals surface area contributed by atoms with Crippen LogP contribution in [0.4, 0.5) is 10.5 Å². The fourth-order valence-corrected chi connectivity index (χ4v) is 3.24. The Labute approximate surface area is 143 Å². The van der Waals surface area contributed by atoms with Crippen LogP contribution in [-0.4, -0.2) is 79.8 Å². The smallest absolute Gasteiger partial charge is 0.319 e. The number of hydrogen-bond acceptors (Lipinski definition) is 5. The molecule has 3 heterocycles. The zero-order valence-corrected chi connectivity index (χ0v) is 14.1. The quantitative estimate of drug-likeness (QED) is 0.808. The fraction of sp³-hybridized carbons (Fsp3) is 0.647. The first kappa shape index (κ1) is 17.1. The number of ether oxygens (including phenoxy) is 1. The van der Waals surface area contributed by atoms with E-state index in [1.54, 1.807) is 18.5 Å². The van der Waals surface area contributed by atoms with Crippen LogP contribution in [0.1, 0.15) is 6.42 Å². The number of carbonyl (C=O) groups excluding carboxylic acids is 1. The van der Waals surface area contributed by atoms with Crippen LogP contribution in [-0.2, 0) is 4.74 Å². The van der Waals surface area contributed by atoms with Gasteiger partial charge in [0.1, 0.15) is 0 Å². The monoisotopic (exact) mass is 333 g/mol. The zero-order valence-electron chi connectivity index (χ0n) is 14.1. The molecule has 2 fully saturated rings. The number of pyridine rings is 1. The Balaban J connectivity index is 1.30. The first-order valence-electron chi connectivity index (χ1n) is 8.77. The molecule has 24 heavy (non-hydrogen) atoms. The molecular formula is C17H27N5O2. The van der Waals surface area contributed by atoms with Crippen molar-refractivity contribution in [1.29, 1.82) is 0 Å². The Bertz CT molecular complexity index is 507. The van der Waals surface area contributed by atoms with E-state index >= 15 is 0 Å². The van der Waals surface area contributed by atoms with E-state index < -0.39 is 0 Å². The van der Waals surface area contributed by atoms with E-state index in [1.165, 1.54) is 0 Å². The predicted octanol–water partition coefficient (Wildman–Crippen LogP) is 0.857. The van der Waals surface area contributed by atoms with E-state index in [1.807, 2.05) is 6.07 Å². The summed E-state index contributed by atoms with van der Waals surface area (Å²) in [6.07, 6.45) is 4.48. The Morgan fingerprint density at radius 3 is 2.88 bits per heavy atom. The topological polar surface area (TPSA) is 69.7 Å². The Morgan fingerprint density at radius 1 is 1.25 bits per heavy atom. The van der Waals surface area contributed by atoms with E-state index in [2.05, 4.69) is 25.4 Å². The minimum atomic E-state index is -0.158. The molecule has 7 nitrogen and oxygen atoms in total. The molecule has 0 bridgehead atoms. The molecule has 2 amide bonds. The van der Waals surface area contributed by atoms with Gasteiger partial charge in [-0.15, -0.1) is 0 Å². The highest BCUT2D eigenvalue weighted by molar-refractivity contribution is 5.88. The van der Waals surface area contributed by atoms with Crippen LogP contribution >= 0.6 is 0 Å². The summed E-state index contributed by atoms with van der Waals surface area (Å²) in [7, 11) is 0. The molecular weight excluding hydrogens is 306 g/mol. The highest BCUT2D eigenvalue weighted by Gasteiger charge is 2.23. The summed E-state index contributed by atoms with van der Waals surface area (Å²) in [6.45, 7) is 8.96. The molecule has 2 saturated heterocycles. The lowest BCUT2D eigenvalue weighted by atomic mass is 10.1. The summed E-state index contributed by atoms with van der Waals surface area (Å²) < 4.78 is 5.38. The highest BCUT2D eigenvalue weighted by Crippen LogP contribution is 2.15. The number of nitrogens with one attached hydrogen (secondary N) is 2. The summed E-state index contributed by atoms with van der Waals surface area (Å²) in [6, 6.07) is 3.48. The number of aromatic nitrogens is 1. The van der Waals surface area contributed by atoms with Crippen LogP contribution in [0.15, 0.2) is 24.5 Å². The molecule has 0 unspecified atom stereocenters. The minimum absolute atomic E-state index is 0.158. The molecule has 132 valence electrons. The molecule has 2 aliphatic rings. The number of morpholine rings is 1. The van der Waals surface area contributed by atoms with Crippen molar-refractivity contribution in [3.05, 3.63) is 24.5 Å². The summed E-state index contributed by atoms with van der Waals surface area (Å²) in [5.41, 5.74) is 0.716. The van der Waals surface area contributed by atoms with Crippen molar-refractivity contribution in [3.8, 4) is 0 Å². The number of amides is 2. The van der Waals surface area contributed by atoms with Crippen LogP contribution in [0, 0.1) is 5.92 Å². The van der Waals surface area contributed by atoms with Gasteiger partial charge in [0, 0.05) is 45.5 Å². The molecule has 2 aliphatic heterocycles. The van der Waals surface area contributed by atoms with Crippen LogP contribution in [0.3, 0.4) is 0 Å². The number of nitrogens with zero attached hydrogens (tertiary/aromatic N) is 3. The Kier molecular flexibility index (Phi) is 6.40. The van der Waals surface area contributed by atoms with Gasteiger partial charge < -0.3 is 20.3 Å². The first-order chi connectivity index (χ1) is 11.8. The maximum absolute atomic E-state index is 11.9. The molecule has 1 aromatic rings. The lowest BCUT2D eigenvalue weighted by Gasteiger charge is -2.28. The van der Waals surface area contributed by atoms with Gasteiger partial charge in [-0.05, 0) is 31.0 Å². The first-order valence-corrected chi connectivity index (χ1v) is 8.77. The molecule has 7 heteroatoms. The predicted molar refractivity (Wildman–Crippen MR) is 93.1 cm³/mol. The van der Waals surface area contributed by atoms with E-state index in [-0.39, 0.29) is 6.03 Å². The second-order valence-corrected chi connectivity index (χ2v) is 6.49. The van der Waals surface area contributed by atoms with Gasteiger partial charge in [-0.1, -0.05) is 0 Å². The van der Waals surface area contributed by atoms with Crippen molar-refractivity contribution < 1.29 is 9.53 Å². The van der Waals surface area contributed by atoms with E-state index in [9.17, 15) is 4.79 Å². The summed E-state index contributed by atoms with van der Waals surface area (Å²) in [5.74, 6) is 0.536. The molecule has 0 radical (unpaired) electrons. The number of rotatable bonds is 6. The average Bonchev–Trinajstić information content (AvgIpc) is 3.08. The van der Waals surface area contributed by atoms with E-state index in [0.29, 0.717) is 11.6 Å². The average molecular weight is 333 g/mol. The largest absolute Gasteiger partial charge is 0.379 e. The van der Waals surface area contributed by atoms with Gasteiger partial charge >= 0.3 is 6.03 Å². The number of likely N-dealkylation sites (tertiary alicyclic amines) is 1. The van der Waals surface area contributed by atoms with Gasteiger partial charge in [0.05, 0.1) is 25.1 Å². The van der Waals surface area contributed by atoms with Gasteiger partial charge in [-0.2, -0.15) is 0 Å². The van der Waals surface area contributed by atoms with Crippen molar-refractivity contribution in [2.75, 3.05) is 64.3 Å². The molecule has 3 rings (SSSR count). The van der Waals surface area contributed by atoms with Crippen molar-refractivity contribution in [2.24, 2.45) is 5.92 Å². The third-order valence-corrected chi connectivity index (χ3v) is 4.68. The summed E-state index contributed by atoms with van der Waals surface area (Å²) in [4.78, 5) is 20.9. The normalized spacial score (nSPS) is 22.4. The van der Waals surface area contributed by atoms with Crippen LogP contribution in [0.2, 0.25) is 0 Å². The molecule has 0 aromatic carbocycles. The lowest BCUT2D eigenvalue weighted by Crippen LogP contribution is -2.41. The highest BCUT2D eigenvalue weighted by atomic mass is 16.5. The maximum atomic E-state index is 11.9. The third kappa shape index (κ3) is 5.43. The van der Waals surface area contributed by atoms with Gasteiger partial charge in [0.15, 0.2) is 0 Å².